The Balaban J connectivity index is 2.17. The van der Waals surface area contributed by atoms with Crippen LogP contribution < -0.4 is 9.44 Å². The van der Waals surface area contributed by atoms with Crippen LogP contribution in [-0.2, 0) is 35.9 Å². The molecule has 0 bridgehead atoms. The van der Waals surface area contributed by atoms with E-state index >= 15 is 0 Å². The van der Waals surface area contributed by atoms with Gasteiger partial charge in [0, 0.05) is 6.54 Å². The van der Waals surface area contributed by atoms with E-state index in [2.05, 4.69) is 4.74 Å². The van der Waals surface area contributed by atoms with Crippen molar-refractivity contribution in [1.29, 1.82) is 0 Å². The van der Waals surface area contributed by atoms with Crippen LogP contribution in [0.2, 0.25) is 0 Å². The number of hydrogen-bond donors (Lipinski definition) is 1. The maximum Gasteiger partial charge on any atom is 0.348 e. The summed E-state index contributed by atoms with van der Waals surface area (Å²) in [6.45, 7) is 1.46. The first-order valence-electron chi connectivity index (χ1n) is 8.42. The summed E-state index contributed by atoms with van der Waals surface area (Å²) < 4.78 is 60.1. The lowest BCUT2D eigenvalue weighted by Crippen LogP contribution is -2.29. The van der Waals surface area contributed by atoms with Crippen molar-refractivity contribution in [3.8, 4) is 0 Å². The van der Waals surface area contributed by atoms with Crippen LogP contribution in [-0.4, -0.2) is 49.5 Å². The zero-order valence-corrected chi connectivity index (χ0v) is 18.6. The molecule has 1 aromatic carbocycles. The van der Waals surface area contributed by atoms with Gasteiger partial charge in [0.15, 0.2) is 4.21 Å². The molecule has 10 nitrogen and oxygen atoms in total. The molecule has 0 spiro atoms. The fraction of sp³-hybridized carbons (Fsp3) is 0.294. The molecule has 0 unspecified atom stereocenters. The number of sulfonamides is 2. The van der Waals surface area contributed by atoms with E-state index in [1.807, 2.05) is 0 Å². The third-order valence-electron chi connectivity index (χ3n) is 4.63. The quantitative estimate of drug-likeness (QED) is 0.631. The van der Waals surface area contributed by atoms with Crippen LogP contribution in [0.15, 0.2) is 27.3 Å². The average molecular weight is 475 g/mol. The van der Waals surface area contributed by atoms with Crippen molar-refractivity contribution < 1.29 is 35.9 Å². The second kappa shape index (κ2) is 7.65. The molecular formula is C17H18N2O8S3. The Kier molecular flexibility index (Phi) is 5.66. The van der Waals surface area contributed by atoms with Crippen molar-refractivity contribution in [3.05, 3.63) is 39.8 Å². The highest BCUT2D eigenvalue weighted by Crippen LogP contribution is 2.39. The SMILES string of the molecule is COC(=O)c1sc(S(=O)(=O)N2CCc3cc(S(N)(=O)=O)ccc32)c(C(=O)OC)c1C. The summed E-state index contributed by atoms with van der Waals surface area (Å²) >= 11 is 0.617. The van der Waals surface area contributed by atoms with Gasteiger partial charge >= 0.3 is 11.9 Å². The first kappa shape index (κ1) is 22.2. The van der Waals surface area contributed by atoms with E-state index < -0.39 is 32.0 Å². The Labute approximate surface area is 177 Å². The Bertz CT molecular complexity index is 1260. The van der Waals surface area contributed by atoms with Gasteiger partial charge in [0.05, 0.1) is 30.4 Å². The minimum atomic E-state index is -4.27. The van der Waals surface area contributed by atoms with Crippen LogP contribution in [0.4, 0.5) is 5.69 Å². The molecule has 3 rings (SSSR count). The number of nitrogens with two attached hydrogens (primary N) is 1. The van der Waals surface area contributed by atoms with Crippen LogP contribution >= 0.6 is 11.3 Å². The van der Waals surface area contributed by atoms with E-state index in [4.69, 9.17) is 9.88 Å². The first-order chi connectivity index (χ1) is 13.9. The number of hydrogen-bond acceptors (Lipinski definition) is 9. The molecule has 0 atom stereocenters. The molecule has 0 saturated carbocycles. The van der Waals surface area contributed by atoms with E-state index in [1.165, 1.54) is 25.1 Å². The van der Waals surface area contributed by atoms with E-state index in [0.29, 0.717) is 16.9 Å². The highest BCUT2D eigenvalue weighted by atomic mass is 32.2. The molecule has 2 aromatic rings. The second-order valence-corrected chi connectivity index (χ2v) is 11.0. The highest BCUT2D eigenvalue weighted by molar-refractivity contribution is 7.95. The molecule has 30 heavy (non-hydrogen) atoms. The lowest BCUT2D eigenvalue weighted by atomic mass is 10.2. The standard InChI is InChI=1S/C17H18N2O8S3/c1-9-13(15(20)26-2)17(28-14(9)16(21)27-3)30(24,25)19-7-6-10-8-11(29(18,22)23)4-5-12(10)19/h4-5,8H,6-7H2,1-3H3,(H2,18,22,23). The minimum Gasteiger partial charge on any atom is -0.465 e. The number of thiophene rings is 1. The molecule has 2 heterocycles. The number of nitrogens with zero attached hydrogens (tertiary/aromatic N) is 1. The molecule has 0 radical (unpaired) electrons. The van der Waals surface area contributed by atoms with Gasteiger partial charge in [0.1, 0.15) is 4.88 Å². The van der Waals surface area contributed by atoms with Gasteiger partial charge in [-0.25, -0.2) is 31.6 Å². The first-order valence-corrected chi connectivity index (χ1v) is 12.2. The van der Waals surface area contributed by atoms with E-state index in [9.17, 15) is 26.4 Å². The van der Waals surface area contributed by atoms with Gasteiger partial charge in [0.25, 0.3) is 10.0 Å². The fourth-order valence-electron chi connectivity index (χ4n) is 3.17. The summed E-state index contributed by atoms with van der Waals surface area (Å²) in [7, 11) is -5.96. The third-order valence-corrected chi connectivity index (χ3v) is 9.12. The lowest BCUT2D eigenvalue weighted by molar-refractivity contribution is 0.0596. The minimum absolute atomic E-state index is 0.0247. The number of rotatable bonds is 5. The molecule has 0 fully saturated rings. The summed E-state index contributed by atoms with van der Waals surface area (Å²) in [6, 6.07) is 3.88. The number of esters is 2. The fourth-order valence-corrected chi connectivity index (χ4v) is 7.08. The predicted molar refractivity (Wildman–Crippen MR) is 108 cm³/mol. The van der Waals surface area contributed by atoms with Gasteiger partial charge in [-0.15, -0.1) is 11.3 Å². The summed E-state index contributed by atoms with van der Waals surface area (Å²) in [4.78, 5) is 24.2. The van der Waals surface area contributed by atoms with Crippen LogP contribution in [0, 0.1) is 6.92 Å². The Morgan fingerprint density at radius 1 is 1.10 bits per heavy atom. The number of methoxy groups -OCH3 is 2. The zero-order chi connectivity index (χ0) is 22.4. The second-order valence-electron chi connectivity index (χ2n) is 6.36. The van der Waals surface area contributed by atoms with E-state index in [-0.39, 0.29) is 43.8 Å². The normalized spacial score (nSPS) is 13.8. The van der Waals surface area contributed by atoms with Crippen molar-refractivity contribution in [3.63, 3.8) is 0 Å². The number of primary sulfonamides is 1. The molecule has 13 heteroatoms. The molecule has 0 aliphatic carbocycles. The monoisotopic (exact) mass is 474 g/mol. The van der Waals surface area contributed by atoms with Gasteiger partial charge in [-0.05, 0) is 42.7 Å². The Morgan fingerprint density at radius 3 is 2.30 bits per heavy atom. The summed E-state index contributed by atoms with van der Waals surface area (Å²) in [5.41, 5.74) is 0.647. The van der Waals surface area contributed by atoms with Crippen molar-refractivity contribution >= 4 is 49.0 Å². The third kappa shape index (κ3) is 3.57. The number of fused-ring (bicyclic) bond motifs is 1. The van der Waals surface area contributed by atoms with E-state index in [1.54, 1.807) is 0 Å². The van der Waals surface area contributed by atoms with Gasteiger partial charge in [-0.1, -0.05) is 0 Å². The van der Waals surface area contributed by atoms with Crippen molar-refractivity contribution in [2.24, 2.45) is 5.14 Å². The number of carbonyl (C=O) groups excluding carboxylic acids is 2. The summed E-state index contributed by atoms with van der Waals surface area (Å²) in [6.07, 6.45) is 0.250. The predicted octanol–water partition coefficient (Wildman–Crippen LogP) is 1.03. The van der Waals surface area contributed by atoms with Gasteiger partial charge < -0.3 is 9.47 Å². The van der Waals surface area contributed by atoms with Crippen LogP contribution in [0.5, 0.6) is 0 Å². The number of anilines is 1. The molecular weight excluding hydrogens is 456 g/mol. The van der Waals surface area contributed by atoms with Crippen molar-refractivity contribution in [1.82, 2.24) is 0 Å². The zero-order valence-electron chi connectivity index (χ0n) is 16.2. The average Bonchev–Trinajstić information content (AvgIpc) is 3.27. The molecule has 1 aliphatic heterocycles. The molecule has 1 aliphatic rings. The lowest BCUT2D eigenvalue weighted by Gasteiger charge is -2.19. The highest BCUT2D eigenvalue weighted by Gasteiger charge is 2.38. The Morgan fingerprint density at radius 2 is 1.73 bits per heavy atom. The molecule has 0 saturated heterocycles. The maximum absolute atomic E-state index is 13.4. The van der Waals surface area contributed by atoms with Crippen LogP contribution in [0.25, 0.3) is 0 Å². The van der Waals surface area contributed by atoms with Gasteiger partial charge in [0.2, 0.25) is 10.0 Å². The van der Waals surface area contributed by atoms with Crippen molar-refractivity contribution in [2.45, 2.75) is 22.4 Å². The van der Waals surface area contributed by atoms with Crippen molar-refractivity contribution in [2.75, 3.05) is 25.1 Å². The smallest absolute Gasteiger partial charge is 0.348 e. The molecule has 162 valence electrons. The Hall–Kier alpha value is -2.48. The largest absolute Gasteiger partial charge is 0.465 e. The van der Waals surface area contributed by atoms with Gasteiger partial charge in [-0.2, -0.15) is 0 Å². The maximum atomic E-state index is 13.4. The number of carbonyl (C=O) groups is 2. The molecule has 0 amide bonds. The number of benzene rings is 1. The molecule has 2 N–H and O–H groups in total. The molecule has 1 aromatic heterocycles. The van der Waals surface area contributed by atoms with Gasteiger partial charge in [-0.3, -0.25) is 4.31 Å². The topological polar surface area (TPSA) is 150 Å². The van der Waals surface area contributed by atoms with Crippen LogP contribution in [0.1, 0.15) is 31.2 Å². The summed E-state index contributed by atoms with van der Waals surface area (Å²) in [5.74, 6) is -1.68. The van der Waals surface area contributed by atoms with E-state index in [0.717, 1.165) is 18.5 Å². The van der Waals surface area contributed by atoms with Crippen LogP contribution in [0.3, 0.4) is 0 Å². The number of ether oxygens (including phenoxy) is 2. The summed E-state index contributed by atoms with van der Waals surface area (Å²) in [5, 5.41) is 5.14.